The Hall–Kier alpha value is -3.74. The van der Waals surface area contributed by atoms with Gasteiger partial charge in [0, 0.05) is 13.6 Å². The zero-order chi connectivity index (χ0) is 22.6. The van der Waals surface area contributed by atoms with Crippen LogP contribution in [0.1, 0.15) is 29.0 Å². The van der Waals surface area contributed by atoms with Crippen molar-refractivity contribution >= 4 is 11.8 Å². The van der Waals surface area contributed by atoms with Crippen molar-refractivity contribution in [3.05, 3.63) is 84.3 Å². The lowest BCUT2D eigenvalue weighted by Crippen LogP contribution is -2.38. The molecular formula is C25H28N2O5. The van der Waals surface area contributed by atoms with Gasteiger partial charge in [0.05, 0.1) is 19.4 Å². The summed E-state index contributed by atoms with van der Waals surface area (Å²) in [5.41, 5.74) is 1.12. The number of amides is 2. The maximum Gasteiger partial charge on any atom is 0.289 e. The molecule has 1 N–H and O–H groups in total. The minimum absolute atomic E-state index is 0.0191. The number of likely N-dealkylation sites (N-methyl/N-ethyl adjacent to an activating group) is 1. The minimum atomic E-state index is -0.324. The lowest BCUT2D eigenvalue weighted by Gasteiger charge is -2.15. The first-order valence-corrected chi connectivity index (χ1v) is 10.6. The second-order valence-electron chi connectivity index (χ2n) is 7.29. The molecule has 0 saturated heterocycles. The van der Waals surface area contributed by atoms with Crippen molar-refractivity contribution in [3.8, 4) is 11.5 Å². The summed E-state index contributed by atoms with van der Waals surface area (Å²) in [6.45, 7) is 1.59. The zero-order valence-corrected chi connectivity index (χ0v) is 18.2. The molecule has 7 heteroatoms. The van der Waals surface area contributed by atoms with Gasteiger partial charge in [-0.3, -0.25) is 9.59 Å². The quantitative estimate of drug-likeness (QED) is 0.436. The molecule has 0 radical (unpaired) electrons. The van der Waals surface area contributed by atoms with Gasteiger partial charge in [0.1, 0.15) is 18.1 Å². The lowest BCUT2D eigenvalue weighted by molar-refractivity contribution is -0.121. The van der Waals surface area contributed by atoms with E-state index in [9.17, 15) is 9.59 Å². The Morgan fingerprint density at radius 1 is 0.906 bits per heavy atom. The van der Waals surface area contributed by atoms with Crippen molar-refractivity contribution in [3.63, 3.8) is 0 Å². The zero-order valence-electron chi connectivity index (χ0n) is 18.2. The molecule has 0 fully saturated rings. The van der Waals surface area contributed by atoms with Gasteiger partial charge < -0.3 is 24.1 Å². The Morgan fingerprint density at radius 3 is 2.31 bits per heavy atom. The Bertz CT molecular complexity index is 956. The summed E-state index contributed by atoms with van der Waals surface area (Å²) in [5.74, 6) is 1.25. The first-order valence-electron chi connectivity index (χ1n) is 10.6. The molecule has 0 aliphatic rings. The molecule has 1 heterocycles. The van der Waals surface area contributed by atoms with Crippen molar-refractivity contribution in [1.29, 1.82) is 0 Å². The molecule has 0 bridgehead atoms. The molecule has 168 valence electrons. The van der Waals surface area contributed by atoms with E-state index in [0.717, 1.165) is 29.9 Å². The second-order valence-corrected chi connectivity index (χ2v) is 7.29. The average molecular weight is 437 g/mol. The predicted molar refractivity (Wildman–Crippen MR) is 121 cm³/mol. The second kappa shape index (κ2) is 12.2. The Balaban J connectivity index is 1.25. The number of hydrogen-bond donors (Lipinski definition) is 1. The summed E-state index contributed by atoms with van der Waals surface area (Å²) >= 11 is 0. The van der Waals surface area contributed by atoms with Crippen LogP contribution in [0.15, 0.2) is 77.4 Å². The third-order valence-electron chi connectivity index (χ3n) is 4.69. The van der Waals surface area contributed by atoms with Crippen molar-refractivity contribution < 1.29 is 23.5 Å². The van der Waals surface area contributed by atoms with E-state index in [1.165, 1.54) is 11.2 Å². The van der Waals surface area contributed by atoms with Crippen molar-refractivity contribution in [1.82, 2.24) is 10.2 Å². The van der Waals surface area contributed by atoms with Gasteiger partial charge in [-0.05, 0) is 54.8 Å². The normalized spacial score (nSPS) is 10.4. The number of carbonyl (C=O) groups excluding carboxylic acids is 2. The fourth-order valence-corrected chi connectivity index (χ4v) is 2.95. The number of rotatable bonds is 12. The first kappa shape index (κ1) is 22.9. The lowest BCUT2D eigenvalue weighted by atomic mass is 10.2. The van der Waals surface area contributed by atoms with E-state index in [1.54, 1.807) is 19.2 Å². The van der Waals surface area contributed by atoms with Gasteiger partial charge in [-0.15, -0.1) is 0 Å². The molecular weight excluding hydrogens is 408 g/mol. The van der Waals surface area contributed by atoms with Gasteiger partial charge in [-0.25, -0.2) is 0 Å². The number of carbonyl (C=O) groups is 2. The molecule has 3 aromatic rings. The maximum absolute atomic E-state index is 12.0. The Morgan fingerprint density at radius 2 is 1.62 bits per heavy atom. The minimum Gasteiger partial charge on any atom is -0.494 e. The number of furan rings is 1. The number of nitrogens with one attached hydrogen (secondary N) is 1. The van der Waals surface area contributed by atoms with E-state index in [2.05, 4.69) is 5.32 Å². The van der Waals surface area contributed by atoms with Gasteiger partial charge in [-0.2, -0.15) is 0 Å². The summed E-state index contributed by atoms with van der Waals surface area (Å²) in [6, 6.07) is 20.8. The average Bonchev–Trinajstić information content (AvgIpc) is 3.36. The molecule has 0 unspecified atom stereocenters. The Kier molecular flexibility index (Phi) is 8.74. The SMILES string of the molecule is CN(CC(=O)NCCCCOc1ccc(OCc2ccccc2)cc1)C(=O)c1ccco1. The summed E-state index contributed by atoms with van der Waals surface area (Å²) in [4.78, 5) is 25.3. The van der Waals surface area contributed by atoms with Crippen LogP contribution in [-0.2, 0) is 11.4 Å². The van der Waals surface area contributed by atoms with Crippen molar-refractivity contribution in [2.24, 2.45) is 0 Å². The molecule has 1 aromatic heterocycles. The molecule has 0 saturated carbocycles. The van der Waals surface area contributed by atoms with Crippen LogP contribution < -0.4 is 14.8 Å². The van der Waals surface area contributed by atoms with Crippen LogP contribution in [0.4, 0.5) is 0 Å². The van der Waals surface area contributed by atoms with E-state index in [-0.39, 0.29) is 24.1 Å². The summed E-state index contributed by atoms with van der Waals surface area (Å²) in [5, 5.41) is 2.81. The summed E-state index contributed by atoms with van der Waals surface area (Å²) < 4.78 is 16.6. The van der Waals surface area contributed by atoms with Gasteiger partial charge in [-0.1, -0.05) is 30.3 Å². The third kappa shape index (κ3) is 7.50. The molecule has 0 atom stereocenters. The smallest absolute Gasteiger partial charge is 0.289 e. The van der Waals surface area contributed by atoms with Gasteiger partial charge in [0.15, 0.2) is 5.76 Å². The van der Waals surface area contributed by atoms with Crippen molar-refractivity contribution in [2.45, 2.75) is 19.4 Å². The van der Waals surface area contributed by atoms with Crippen LogP contribution in [0.25, 0.3) is 0 Å². The molecule has 0 aliphatic carbocycles. The first-order chi connectivity index (χ1) is 15.6. The van der Waals surface area contributed by atoms with Crippen LogP contribution in [0.5, 0.6) is 11.5 Å². The number of hydrogen-bond acceptors (Lipinski definition) is 5. The van der Waals surface area contributed by atoms with E-state index in [0.29, 0.717) is 19.8 Å². The van der Waals surface area contributed by atoms with Crippen LogP contribution >= 0.6 is 0 Å². The van der Waals surface area contributed by atoms with E-state index < -0.39 is 0 Å². The number of unbranched alkanes of at least 4 members (excludes halogenated alkanes) is 1. The van der Waals surface area contributed by atoms with Crippen molar-refractivity contribution in [2.75, 3.05) is 26.7 Å². The van der Waals surface area contributed by atoms with Crippen LogP contribution in [0.3, 0.4) is 0 Å². The summed E-state index contributed by atoms with van der Waals surface area (Å²) in [6.07, 6.45) is 3.00. The van der Waals surface area contributed by atoms with E-state index in [4.69, 9.17) is 13.9 Å². The van der Waals surface area contributed by atoms with E-state index in [1.807, 2.05) is 54.6 Å². The standard InChI is InChI=1S/C25H28N2O5/c1-27(25(29)23-10-7-17-31-23)18-24(28)26-15-5-6-16-30-21-11-13-22(14-12-21)32-19-20-8-3-2-4-9-20/h2-4,7-14,17H,5-6,15-16,18-19H2,1H3,(H,26,28). The number of benzene rings is 2. The molecule has 2 amide bonds. The summed E-state index contributed by atoms with van der Waals surface area (Å²) in [7, 11) is 1.57. The van der Waals surface area contributed by atoms with Crippen LogP contribution in [0.2, 0.25) is 0 Å². The van der Waals surface area contributed by atoms with Gasteiger partial charge >= 0.3 is 0 Å². The molecule has 7 nitrogen and oxygen atoms in total. The third-order valence-corrected chi connectivity index (χ3v) is 4.69. The number of nitrogens with zero attached hydrogens (tertiary/aromatic N) is 1. The molecule has 3 rings (SSSR count). The van der Waals surface area contributed by atoms with Gasteiger partial charge in [0.25, 0.3) is 5.91 Å². The fourth-order valence-electron chi connectivity index (χ4n) is 2.95. The largest absolute Gasteiger partial charge is 0.494 e. The van der Waals surface area contributed by atoms with Crippen LogP contribution in [-0.4, -0.2) is 43.5 Å². The highest BCUT2D eigenvalue weighted by atomic mass is 16.5. The van der Waals surface area contributed by atoms with Gasteiger partial charge in [0.2, 0.25) is 5.91 Å². The van der Waals surface area contributed by atoms with Crippen LogP contribution in [0, 0.1) is 0 Å². The highest BCUT2D eigenvalue weighted by Gasteiger charge is 2.16. The van der Waals surface area contributed by atoms with E-state index >= 15 is 0 Å². The predicted octanol–water partition coefficient (Wildman–Crippen LogP) is 3.91. The molecule has 32 heavy (non-hydrogen) atoms. The highest BCUT2D eigenvalue weighted by molar-refractivity contribution is 5.94. The molecule has 2 aromatic carbocycles. The number of ether oxygens (including phenoxy) is 2. The fraction of sp³-hybridized carbons (Fsp3) is 0.280. The highest BCUT2D eigenvalue weighted by Crippen LogP contribution is 2.19. The topological polar surface area (TPSA) is 81.0 Å². The monoisotopic (exact) mass is 436 g/mol. The Labute approximate surface area is 187 Å². The molecule has 0 spiro atoms. The molecule has 0 aliphatic heterocycles. The maximum atomic E-state index is 12.0.